The van der Waals surface area contributed by atoms with Gasteiger partial charge in [-0.05, 0) is 50.8 Å². The van der Waals surface area contributed by atoms with E-state index in [1.54, 1.807) is 25.1 Å². The molecule has 8 nitrogen and oxygen atoms in total. The number of carbonyl (C=O) groups excluding carboxylic acids is 1. The van der Waals surface area contributed by atoms with Gasteiger partial charge in [0.1, 0.15) is 5.52 Å². The van der Waals surface area contributed by atoms with E-state index in [0.717, 1.165) is 0 Å². The molecule has 2 fully saturated rings. The molecule has 2 aromatic rings. The minimum Gasteiger partial charge on any atom is -0.466 e. The fourth-order valence-electron chi connectivity index (χ4n) is 4.19. The molecule has 10 heteroatoms. The minimum atomic E-state index is -3.61. The van der Waals surface area contributed by atoms with Gasteiger partial charge < -0.3 is 9.15 Å². The second-order valence-corrected chi connectivity index (χ2v) is 10.2. The van der Waals surface area contributed by atoms with Gasteiger partial charge in [0.25, 0.3) is 10.2 Å². The van der Waals surface area contributed by atoms with Crippen molar-refractivity contribution in [2.45, 2.75) is 38.5 Å². The van der Waals surface area contributed by atoms with Crippen molar-refractivity contribution in [3.63, 3.8) is 0 Å². The number of benzene rings is 1. The third-order valence-corrected chi connectivity index (χ3v) is 8.06. The zero-order valence-corrected chi connectivity index (χ0v) is 18.5. The Morgan fingerprint density at radius 2 is 2.00 bits per heavy atom. The highest BCUT2D eigenvalue weighted by Crippen LogP contribution is 2.33. The second kappa shape index (κ2) is 8.82. The first-order valence-corrected chi connectivity index (χ1v) is 12.1. The predicted octanol–water partition coefficient (Wildman–Crippen LogP) is 3.18. The highest BCUT2D eigenvalue weighted by molar-refractivity contribution is 7.86. The lowest BCUT2D eigenvalue weighted by Crippen LogP contribution is -2.51. The number of oxazole rings is 1. The number of ether oxygens (including phenoxy) is 1. The van der Waals surface area contributed by atoms with Crippen molar-refractivity contribution in [1.29, 1.82) is 0 Å². The quantitative estimate of drug-likeness (QED) is 0.643. The molecule has 30 heavy (non-hydrogen) atoms. The molecule has 2 aliphatic rings. The summed E-state index contributed by atoms with van der Waals surface area (Å²) in [5.41, 5.74) is 1.40. The average molecular weight is 456 g/mol. The first kappa shape index (κ1) is 21.5. The molecule has 2 saturated heterocycles. The SMILES string of the molecule is CCOC(=O)[C@@H]1CCCN(S(=O)(=O)N2CCC(c3nc4cc(Cl)ccc4o3)CC2)C1. The third kappa shape index (κ3) is 4.34. The Kier molecular flexibility index (Phi) is 6.34. The van der Waals surface area contributed by atoms with Gasteiger partial charge in [0, 0.05) is 37.1 Å². The molecule has 2 aliphatic heterocycles. The molecular weight excluding hydrogens is 430 g/mol. The molecule has 0 unspecified atom stereocenters. The highest BCUT2D eigenvalue weighted by atomic mass is 35.5. The lowest BCUT2D eigenvalue weighted by Gasteiger charge is -2.37. The summed E-state index contributed by atoms with van der Waals surface area (Å²) in [5.74, 6) is -0.00863. The fraction of sp³-hybridized carbons (Fsp3) is 0.600. The van der Waals surface area contributed by atoms with E-state index in [4.69, 9.17) is 20.8 Å². The van der Waals surface area contributed by atoms with Crippen LogP contribution < -0.4 is 0 Å². The van der Waals surface area contributed by atoms with Crippen LogP contribution >= 0.6 is 11.6 Å². The van der Waals surface area contributed by atoms with Gasteiger partial charge in [-0.1, -0.05) is 11.6 Å². The fourth-order valence-corrected chi connectivity index (χ4v) is 6.09. The van der Waals surface area contributed by atoms with E-state index in [1.165, 1.54) is 8.61 Å². The molecule has 1 atom stereocenters. The Hall–Kier alpha value is -1.68. The Bertz CT molecular complexity index is 1020. The molecule has 0 spiro atoms. The van der Waals surface area contributed by atoms with Crippen molar-refractivity contribution >= 4 is 38.9 Å². The lowest BCUT2D eigenvalue weighted by molar-refractivity contribution is -0.149. The van der Waals surface area contributed by atoms with E-state index >= 15 is 0 Å². The summed E-state index contributed by atoms with van der Waals surface area (Å²) in [6, 6.07) is 5.32. The molecule has 1 aromatic carbocycles. The van der Waals surface area contributed by atoms with E-state index in [-0.39, 0.29) is 18.4 Å². The second-order valence-electron chi connectivity index (χ2n) is 7.79. The molecular formula is C20H26ClN3O5S. The van der Waals surface area contributed by atoms with E-state index in [2.05, 4.69) is 4.98 Å². The Balaban J connectivity index is 1.40. The molecule has 0 amide bonds. The van der Waals surface area contributed by atoms with Crippen LogP contribution in [0.4, 0.5) is 0 Å². The minimum absolute atomic E-state index is 0.0660. The van der Waals surface area contributed by atoms with Crippen molar-refractivity contribution < 1.29 is 22.4 Å². The number of halogens is 1. The van der Waals surface area contributed by atoms with E-state index in [1.807, 2.05) is 0 Å². The van der Waals surface area contributed by atoms with Crippen LogP contribution in [0.1, 0.15) is 44.4 Å². The van der Waals surface area contributed by atoms with Crippen molar-refractivity contribution in [1.82, 2.24) is 13.6 Å². The molecule has 0 saturated carbocycles. The van der Waals surface area contributed by atoms with Gasteiger partial charge in [-0.3, -0.25) is 4.79 Å². The first-order chi connectivity index (χ1) is 14.4. The summed E-state index contributed by atoms with van der Waals surface area (Å²) < 4.78 is 40.2. The van der Waals surface area contributed by atoms with Crippen LogP contribution in [-0.2, 0) is 19.7 Å². The summed E-state index contributed by atoms with van der Waals surface area (Å²) in [6.07, 6.45) is 2.59. The van der Waals surface area contributed by atoms with Gasteiger partial charge in [-0.15, -0.1) is 0 Å². The maximum Gasteiger partial charge on any atom is 0.310 e. The van der Waals surface area contributed by atoms with Gasteiger partial charge in [0.15, 0.2) is 11.5 Å². The smallest absolute Gasteiger partial charge is 0.310 e. The number of carbonyl (C=O) groups is 1. The van der Waals surface area contributed by atoms with E-state index in [9.17, 15) is 13.2 Å². The van der Waals surface area contributed by atoms with Gasteiger partial charge in [0.2, 0.25) is 0 Å². The summed E-state index contributed by atoms with van der Waals surface area (Å²) >= 11 is 6.02. The van der Waals surface area contributed by atoms with Crippen molar-refractivity contribution in [3.05, 3.63) is 29.1 Å². The van der Waals surface area contributed by atoms with Crippen molar-refractivity contribution in [2.24, 2.45) is 5.92 Å². The standard InChI is InChI=1S/C20H26ClN3O5S/c1-2-28-20(25)15-4-3-9-24(13-15)30(26,27)23-10-7-14(8-11-23)19-22-17-12-16(21)5-6-18(17)29-19/h5-6,12,14-15H,2-4,7-11,13H2,1H3/t15-/m1/s1. The van der Waals surface area contributed by atoms with Gasteiger partial charge in [-0.25, -0.2) is 4.98 Å². The summed E-state index contributed by atoms with van der Waals surface area (Å²) in [4.78, 5) is 16.6. The lowest BCUT2D eigenvalue weighted by atomic mass is 9.98. The van der Waals surface area contributed by atoms with Gasteiger partial charge in [-0.2, -0.15) is 17.0 Å². The van der Waals surface area contributed by atoms with Crippen LogP contribution in [0, 0.1) is 5.92 Å². The number of nitrogens with zero attached hydrogens (tertiary/aromatic N) is 3. The monoisotopic (exact) mass is 455 g/mol. The molecule has 0 N–H and O–H groups in total. The topological polar surface area (TPSA) is 93.0 Å². The molecule has 0 aliphatic carbocycles. The zero-order chi connectivity index (χ0) is 21.3. The van der Waals surface area contributed by atoms with Gasteiger partial charge in [0.05, 0.1) is 12.5 Å². The zero-order valence-electron chi connectivity index (χ0n) is 16.9. The predicted molar refractivity (Wildman–Crippen MR) is 112 cm³/mol. The van der Waals surface area contributed by atoms with E-state index in [0.29, 0.717) is 73.9 Å². The van der Waals surface area contributed by atoms with Crippen molar-refractivity contribution in [3.8, 4) is 0 Å². The number of rotatable bonds is 5. The number of hydrogen-bond donors (Lipinski definition) is 0. The normalized spacial score (nSPS) is 22.4. The van der Waals surface area contributed by atoms with Crippen LogP contribution in [0.3, 0.4) is 0 Å². The number of aromatic nitrogens is 1. The van der Waals surface area contributed by atoms with Crippen LogP contribution in [0.25, 0.3) is 11.1 Å². The Labute approximate surface area is 181 Å². The molecule has 0 radical (unpaired) electrons. The average Bonchev–Trinajstić information content (AvgIpc) is 3.17. The highest BCUT2D eigenvalue weighted by Gasteiger charge is 2.38. The maximum atomic E-state index is 13.1. The van der Waals surface area contributed by atoms with Crippen molar-refractivity contribution in [2.75, 3.05) is 32.8 Å². The third-order valence-electron chi connectivity index (χ3n) is 5.83. The number of fused-ring (bicyclic) bond motifs is 1. The summed E-state index contributed by atoms with van der Waals surface area (Å²) in [6.45, 7) is 3.47. The number of esters is 1. The molecule has 1 aromatic heterocycles. The summed E-state index contributed by atoms with van der Waals surface area (Å²) in [5, 5.41) is 0.603. The first-order valence-electron chi connectivity index (χ1n) is 10.4. The van der Waals surface area contributed by atoms with E-state index < -0.39 is 16.1 Å². The van der Waals surface area contributed by atoms with Crippen LogP contribution in [0.2, 0.25) is 5.02 Å². The largest absolute Gasteiger partial charge is 0.466 e. The molecule has 3 heterocycles. The number of piperidine rings is 2. The summed E-state index contributed by atoms with van der Waals surface area (Å²) in [7, 11) is -3.61. The maximum absolute atomic E-state index is 13.1. The molecule has 164 valence electrons. The Morgan fingerprint density at radius 3 is 2.73 bits per heavy atom. The Morgan fingerprint density at radius 1 is 1.23 bits per heavy atom. The van der Waals surface area contributed by atoms with Crippen LogP contribution in [-0.4, -0.2) is 60.8 Å². The van der Waals surface area contributed by atoms with Crippen LogP contribution in [0.15, 0.2) is 22.6 Å². The number of hydrogen-bond acceptors (Lipinski definition) is 6. The van der Waals surface area contributed by atoms with Crippen LogP contribution in [0.5, 0.6) is 0 Å². The van der Waals surface area contributed by atoms with Gasteiger partial charge >= 0.3 is 5.97 Å². The molecule has 4 rings (SSSR count). The molecule has 0 bridgehead atoms.